The van der Waals surface area contributed by atoms with E-state index in [1.807, 2.05) is 0 Å². The fraction of sp³-hybridized carbons (Fsp3) is 0.500. The lowest BCUT2D eigenvalue weighted by Crippen LogP contribution is -2.42. The van der Waals surface area contributed by atoms with Gasteiger partial charge in [0.2, 0.25) is 5.91 Å². The van der Waals surface area contributed by atoms with Crippen LogP contribution < -0.4 is 11.1 Å². The lowest BCUT2D eigenvalue weighted by molar-refractivity contribution is -0.126. The van der Waals surface area contributed by atoms with Crippen LogP contribution in [-0.4, -0.2) is 18.5 Å². The number of nitrogens with one attached hydrogen (secondary N) is 1. The Hall–Kier alpha value is -1.35. The molecule has 2 aliphatic carbocycles. The molecular formula is C14H18N2O. The Kier molecular flexibility index (Phi) is 2.44. The van der Waals surface area contributed by atoms with E-state index in [9.17, 15) is 4.79 Å². The smallest absolute Gasteiger partial charge is 0.227 e. The van der Waals surface area contributed by atoms with Crippen molar-refractivity contribution < 1.29 is 4.79 Å². The van der Waals surface area contributed by atoms with E-state index < -0.39 is 0 Å². The van der Waals surface area contributed by atoms with Gasteiger partial charge < -0.3 is 11.1 Å². The van der Waals surface area contributed by atoms with E-state index in [1.165, 1.54) is 11.1 Å². The molecule has 0 atom stereocenters. The van der Waals surface area contributed by atoms with Gasteiger partial charge in [0.1, 0.15) is 0 Å². The van der Waals surface area contributed by atoms with Gasteiger partial charge in [-0.05, 0) is 36.8 Å². The van der Waals surface area contributed by atoms with Crippen LogP contribution in [0.25, 0.3) is 0 Å². The molecule has 1 saturated carbocycles. The van der Waals surface area contributed by atoms with Gasteiger partial charge in [-0.15, -0.1) is 0 Å². The normalized spacial score (nSPS) is 21.0. The summed E-state index contributed by atoms with van der Waals surface area (Å²) in [6.45, 7) is 0.485. The molecule has 1 amide bonds. The van der Waals surface area contributed by atoms with Crippen molar-refractivity contribution in [3.8, 4) is 0 Å². The topological polar surface area (TPSA) is 55.1 Å². The molecule has 17 heavy (non-hydrogen) atoms. The van der Waals surface area contributed by atoms with Crippen molar-refractivity contribution in [1.29, 1.82) is 0 Å². The van der Waals surface area contributed by atoms with Gasteiger partial charge in [0.25, 0.3) is 0 Å². The van der Waals surface area contributed by atoms with E-state index in [2.05, 4.69) is 29.6 Å². The molecule has 1 aromatic rings. The maximum absolute atomic E-state index is 12.1. The van der Waals surface area contributed by atoms with Gasteiger partial charge in [-0.3, -0.25) is 4.79 Å². The number of fused-ring (bicyclic) bond motifs is 1. The number of nitrogens with two attached hydrogens (primary N) is 1. The van der Waals surface area contributed by atoms with Gasteiger partial charge in [-0.2, -0.15) is 0 Å². The fourth-order valence-electron chi connectivity index (χ4n) is 2.67. The van der Waals surface area contributed by atoms with Gasteiger partial charge in [0, 0.05) is 12.6 Å². The van der Waals surface area contributed by atoms with E-state index in [0.29, 0.717) is 6.54 Å². The monoisotopic (exact) mass is 230 g/mol. The minimum Gasteiger partial charge on any atom is -0.352 e. The van der Waals surface area contributed by atoms with E-state index in [1.54, 1.807) is 0 Å². The number of hydrogen-bond acceptors (Lipinski definition) is 2. The highest BCUT2D eigenvalue weighted by atomic mass is 16.2. The minimum absolute atomic E-state index is 0.165. The Morgan fingerprint density at radius 3 is 2.35 bits per heavy atom. The highest BCUT2D eigenvalue weighted by Crippen LogP contribution is 2.44. The molecule has 0 aromatic heterocycles. The van der Waals surface area contributed by atoms with Gasteiger partial charge in [0.05, 0.1) is 5.41 Å². The molecule has 2 aliphatic rings. The van der Waals surface area contributed by atoms with Crippen LogP contribution in [0.2, 0.25) is 0 Å². The predicted molar refractivity (Wildman–Crippen MR) is 66.5 cm³/mol. The summed E-state index contributed by atoms with van der Waals surface area (Å²) in [7, 11) is 0. The van der Waals surface area contributed by atoms with E-state index in [-0.39, 0.29) is 17.4 Å². The highest BCUT2D eigenvalue weighted by molar-refractivity contribution is 5.85. The molecule has 3 heteroatoms. The minimum atomic E-state index is -0.227. The second-order valence-corrected chi connectivity index (χ2v) is 5.33. The van der Waals surface area contributed by atoms with Crippen LogP contribution in [0, 0.1) is 5.41 Å². The largest absolute Gasteiger partial charge is 0.352 e. The first kappa shape index (κ1) is 10.8. The standard InChI is InChI=1S/C14H18N2O/c15-9-14(5-6-14)13(17)16-12-7-10-3-1-2-4-11(10)8-12/h1-4,12H,5-9,15H2,(H,16,17). The molecule has 1 aromatic carbocycles. The van der Waals surface area contributed by atoms with Crippen LogP contribution in [0.15, 0.2) is 24.3 Å². The maximum atomic E-state index is 12.1. The third-order valence-electron chi connectivity index (χ3n) is 4.11. The highest BCUT2D eigenvalue weighted by Gasteiger charge is 2.49. The van der Waals surface area contributed by atoms with Crippen molar-refractivity contribution in [2.45, 2.75) is 31.7 Å². The Balaban J connectivity index is 1.64. The van der Waals surface area contributed by atoms with Gasteiger partial charge >= 0.3 is 0 Å². The third kappa shape index (κ3) is 1.84. The van der Waals surface area contributed by atoms with E-state index >= 15 is 0 Å². The molecule has 1 fully saturated rings. The SMILES string of the molecule is NCC1(C(=O)NC2Cc3ccccc3C2)CC1. The Labute approximate surface area is 101 Å². The second kappa shape index (κ2) is 3.84. The molecule has 0 spiro atoms. The molecule has 3 N–H and O–H groups in total. The molecule has 90 valence electrons. The molecule has 0 unspecified atom stereocenters. The molecule has 3 nitrogen and oxygen atoms in total. The van der Waals surface area contributed by atoms with Crippen LogP contribution in [0.3, 0.4) is 0 Å². The fourth-order valence-corrected chi connectivity index (χ4v) is 2.67. The van der Waals surface area contributed by atoms with Crippen molar-refractivity contribution in [3.05, 3.63) is 35.4 Å². The zero-order chi connectivity index (χ0) is 11.9. The molecule has 0 radical (unpaired) electrons. The molecule has 3 rings (SSSR count). The summed E-state index contributed by atoms with van der Waals surface area (Å²) in [5, 5.41) is 3.16. The molecule has 0 bridgehead atoms. The molecule has 0 saturated heterocycles. The lowest BCUT2D eigenvalue weighted by atomic mass is 10.1. The zero-order valence-electron chi connectivity index (χ0n) is 9.91. The number of rotatable bonds is 3. The van der Waals surface area contributed by atoms with Crippen LogP contribution in [-0.2, 0) is 17.6 Å². The van der Waals surface area contributed by atoms with E-state index in [4.69, 9.17) is 5.73 Å². The van der Waals surface area contributed by atoms with Crippen molar-refractivity contribution in [2.24, 2.45) is 11.1 Å². The summed E-state index contributed by atoms with van der Waals surface area (Å²) < 4.78 is 0. The van der Waals surface area contributed by atoms with Crippen molar-refractivity contribution >= 4 is 5.91 Å². The lowest BCUT2D eigenvalue weighted by Gasteiger charge is -2.17. The maximum Gasteiger partial charge on any atom is 0.227 e. The van der Waals surface area contributed by atoms with E-state index in [0.717, 1.165) is 25.7 Å². The summed E-state index contributed by atoms with van der Waals surface area (Å²) in [6.07, 6.45) is 3.83. The second-order valence-electron chi connectivity index (χ2n) is 5.33. The zero-order valence-corrected chi connectivity index (χ0v) is 9.91. The Morgan fingerprint density at radius 1 is 1.29 bits per heavy atom. The number of carbonyl (C=O) groups is 1. The van der Waals surface area contributed by atoms with Crippen molar-refractivity contribution in [3.63, 3.8) is 0 Å². The van der Waals surface area contributed by atoms with Gasteiger partial charge in [-0.1, -0.05) is 24.3 Å². The quantitative estimate of drug-likeness (QED) is 0.814. The van der Waals surface area contributed by atoms with Gasteiger partial charge in [0.15, 0.2) is 0 Å². The van der Waals surface area contributed by atoms with Gasteiger partial charge in [-0.25, -0.2) is 0 Å². The number of hydrogen-bond donors (Lipinski definition) is 2. The van der Waals surface area contributed by atoms with Crippen LogP contribution in [0.4, 0.5) is 0 Å². The number of benzene rings is 1. The van der Waals surface area contributed by atoms with Crippen LogP contribution in [0.5, 0.6) is 0 Å². The molecule has 0 heterocycles. The molecular weight excluding hydrogens is 212 g/mol. The predicted octanol–water partition coefficient (Wildman–Crippen LogP) is 1.01. The summed E-state index contributed by atoms with van der Waals surface area (Å²) in [5.41, 5.74) is 8.18. The summed E-state index contributed by atoms with van der Waals surface area (Å²) >= 11 is 0. The first-order chi connectivity index (χ1) is 8.23. The van der Waals surface area contributed by atoms with Crippen molar-refractivity contribution in [1.82, 2.24) is 5.32 Å². The Bertz CT molecular complexity index is 426. The number of carbonyl (C=O) groups excluding carboxylic acids is 1. The van der Waals surface area contributed by atoms with Crippen LogP contribution >= 0.6 is 0 Å². The summed E-state index contributed by atoms with van der Waals surface area (Å²) in [6, 6.07) is 8.69. The summed E-state index contributed by atoms with van der Waals surface area (Å²) in [4.78, 5) is 12.1. The first-order valence-electron chi connectivity index (χ1n) is 6.31. The average molecular weight is 230 g/mol. The average Bonchev–Trinajstić information content (AvgIpc) is 3.04. The Morgan fingerprint density at radius 2 is 1.88 bits per heavy atom. The first-order valence-corrected chi connectivity index (χ1v) is 6.31. The van der Waals surface area contributed by atoms with Crippen molar-refractivity contribution in [2.75, 3.05) is 6.54 Å². The van der Waals surface area contributed by atoms with Crippen LogP contribution in [0.1, 0.15) is 24.0 Å². The summed E-state index contributed by atoms with van der Waals surface area (Å²) in [5.74, 6) is 0.165. The third-order valence-corrected chi connectivity index (χ3v) is 4.11. The molecule has 0 aliphatic heterocycles. The number of amides is 1.